The van der Waals surface area contributed by atoms with Gasteiger partial charge in [0.05, 0.1) is 24.7 Å². The van der Waals surface area contributed by atoms with Crippen LogP contribution in [-0.2, 0) is 0 Å². The Morgan fingerprint density at radius 1 is 1.00 bits per heavy atom. The van der Waals surface area contributed by atoms with E-state index in [1.165, 1.54) is 0 Å². The van der Waals surface area contributed by atoms with E-state index in [9.17, 15) is 0 Å². The maximum absolute atomic E-state index is 5.32. The fourth-order valence-corrected chi connectivity index (χ4v) is 3.46. The minimum absolute atomic E-state index is 0.773. The first-order valence-corrected chi connectivity index (χ1v) is 8.66. The van der Waals surface area contributed by atoms with Crippen LogP contribution in [0.2, 0.25) is 0 Å². The summed E-state index contributed by atoms with van der Waals surface area (Å²) in [5.74, 6) is 2.43. The molecule has 0 spiro atoms. The van der Waals surface area contributed by atoms with Gasteiger partial charge in [-0.15, -0.1) is 0 Å². The highest BCUT2D eigenvalue weighted by Gasteiger charge is 2.24. The van der Waals surface area contributed by atoms with Gasteiger partial charge in [-0.25, -0.2) is 9.97 Å². The zero-order chi connectivity index (χ0) is 18.4. The van der Waals surface area contributed by atoms with Crippen LogP contribution in [0, 0.1) is 6.92 Å². The van der Waals surface area contributed by atoms with Crippen molar-refractivity contribution in [2.45, 2.75) is 6.92 Å². The minimum Gasteiger partial charge on any atom is -0.497 e. The molecule has 132 valence electrons. The highest BCUT2D eigenvalue weighted by Crippen LogP contribution is 2.43. The molecule has 0 saturated carbocycles. The van der Waals surface area contributed by atoms with E-state index in [-0.39, 0.29) is 0 Å². The third-order valence-corrected chi connectivity index (χ3v) is 4.80. The molecule has 1 aromatic carbocycles. The Hall–Kier alpha value is -3.67. The lowest BCUT2D eigenvalue weighted by Crippen LogP contribution is -1.96. The Morgan fingerprint density at radius 3 is 2.78 bits per heavy atom. The summed E-state index contributed by atoms with van der Waals surface area (Å²) in [4.78, 5) is 17.2. The number of H-pyrrole nitrogens is 1. The normalized spacial score (nSPS) is 11.6. The van der Waals surface area contributed by atoms with E-state index in [4.69, 9.17) is 9.72 Å². The lowest BCUT2D eigenvalue weighted by Gasteiger charge is -2.08. The number of methoxy groups -OCH3 is 1. The maximum Gasteiger partial charge on any atom is 0.139 e. The summed E-state index contributed by atoms with van der Waals surface area (Å²) < 4.78 is 5.32. The van der Waals surface area contributed by atoms with Gasteiger partial charge in [-0.2, -0.15) is 0 Å². The van der Waals surface area contributed by atoms with Crippen molar-refractivity contribution in [3.8, 4) is 39.7 Å². The SMILES string of the molecule is COc1ccc(-c2nc3c([nH]2)-c2ccncc2Nc2ncccc2-3)c(C)c1. The van der Waals surface area contributed by atoms with Crippen molar-refractivity contribution in [1.29, 1.82) is 0 Å². The highest BCUT2D eigenvalue weighted by atomic mass is 16.5. The molecular weight excluding hydrogens is 338 g/mol. The molecule has 5 rings (SSSR count). The van der Waals surface area contributed by atoms with Crippen LogP contribution < -0.4 is 10.1 Å². The second kappa shape index (κ2) is 5.95. The Bertz CT molecular complexity index is 1100. The van der Waals surface area contributed by atoms with Crippen molar-refractivity contribution in [2.24, 2.45) is 0 Å². The summed E-state index contributed by atoms with van der Waals surface area (Å²) >= 11 is 0. The van der Waals surface area contributed by atoms with Gasteiger partial charge in [0, 0.05) is 29.1 Å². The van der Waals surface area contributed by atoms with Gasteiger partial charge in [-0.3, -0.25) is 4.98 Å². The number of nitrogens with one attached hydrogen (secondary N) is 2. The van der Waals surface area contributed by atoms with Crippen LogP contribution in [0.1, 0.15) is 5.56 Å². The first-order chi connectivity index (χ1) is 13.2. The fraction of sp³-hybridized carbons (Fsp3) is 0.0952. The number of aromatic amines is 1. The Balaban J connectivity index is 1.76. The number of anilines is 2. The van der Waals surface area contributed by atoms with Crippen molar-refractivity contribution in [3.05, 3.63) is 60.6 Å². The third-order valence-electron chi connectivity index (χ3n) is 4.80. The lowest BCUT2D eigenvalue weighted by atomic mass is 10.1. The van der Waals surface area contributed by atoms with Crippen molar-refractivity contribution in [3.63, 3.8) is 0 Å². The van der Waals surface area contributed by atoms with Crippen LogP contribution in [0.3, 0.4) is 0 Å². The van der Waals surface area contributed by atoms with Crippen LogP contribution in [0.4, 0.5) is 11.5 Å². The monoisotopic (exact) mass is 355 g/mol. The molecule has 6 heteroatoms. The predicted octanol–water partition coefficient (Wildman–Crippen LogP) is 4.57. The molecule has 0 amide bonds. The smallest absolute Gasteiger partial charge is 0.139 e. The summed E-state index contributed by atoms with van der Waals surface area (Å²) in [6, 6.07) is 11.9. The molecule has 2 N–H and O–H groups in total. The Kier molecular flexibility index (Phi) is 3.43. The largest absolute Gasteiger partial charge is 0.497 e. The Morgan fingerprint density at radius 2 is 1.93 bits per heavy atom. The van der Waals surface area contributed by atoms with Gasteiger partial charge < -0.3 is 15.0 Å². The number of imidazole rings is 1. The number of pyridine rings is 2. The van der Waals surface area contributed by atoms with Crippen LogP contribution in [0.15, 0.2) is 55.0 Å². The van der Waals surface area contributed by atoms with Crippen molar-refractivity contribution < 1.29 is 4.74 Å². The standard InChI is InChI=1S/C21H17N5O/c1-12-10-13(27-2)5-6-14(12)21-25-18-15-7-9-22-11-17(15)24-20-16(19(18)26-21)4-3-8-23-20/h3-11H,1-2H3,(H,23,24)(H,25,26). The molecule has 4 aromatic rings. The zero-order valence-corrected chi connectivity index (χ0v) is 14.9. The van der Waals surface area contributed by atoms with E-state index < -0.39 is 0 Å². The molecule has 0 radical (unpaired) electrons. The van der Waals surface area contributed by atoms with Gasteiger partial charge in [0.2, 0.25) is 0 Å². The van der Waals surface area contributed by atoms with E-state index in [0.29, 0.717) is 0 Å². The zero-order valence-electron chi connectivity index (χ0n) is 14.9. The van der Waals surface area contributed by atoms with E-state index in [0.717, 1.165) is 56.7 Å². The topological polar surface area (TPSA) is 75.7 Å². The molecule has 0 fully saturated rings. The summed E-state index contributed by atoms with van der Waals surface area (Å²) in [6.07, 6.45) is 5.36. The molecule has 0 bridgehead atoms. The molecule has 1 aliphatic heterocycles. The van der Waals surface area contributed by atoms with Gasteiger partial charge in [0.1, 0.15) is 23.1 Å². The Labute approximate surface area is 156 Å². The van der Waals surface area contributed by atoms with E-state index in [1.54, 1.807) is 19.5 Å². The van der Waals surface area contributed by atoms with E-state index in [1.807, 2.05) is 42.6 Å². The van der Waals surface area contributed by atoms with E-state index >= 15 is 0 Å². The number of ether oxygens (including phenoxy) is 1. The second-order valence-corrected chi connectivity index (χ2v) is 6.44. The molecule has 6 nitrogen and oxygen atoms in total. The molecule has 1 aliphatic rings. The minimum atomic E-state index is 0.773. The highest BCUT2D eigenvalue weighted by molar-refractivity contribution is 5.95. The molecule has 0 aliphatic carbocycles. The summed E-state index contributed by atoms with van der Waals surface area (Å²) in [7, 11) is 1.67. The number of aromatic nitrogens is 4. The van der Waals surface area contributed by atoms with E-state index in [2.05, 4.69) is 27.2 Å². The average molecular weight is 355 g/mol. The number of rotatable bonds is 2. The molecule has 27 heavy (non-hydrogen) atoms. The van der Waals surface area contributed by atoms with Gasteiger partial charge in [-0.1, -0.05) is 0 Å². The number of benzene rings is 1. The first-order valence-electron chi connectivity index (χ1n) is 8.66. The number of hydrogen-bond acceptors (Lipinski definition) is 5. The van der Waals surface area contributed by atoms with Crippen molar-refractivity contribution >= 4 is 11.5 Å². The van der Waals surface area contributed by atoms with Crippen molar-refractivity contribution in [1.82, 2.24) is 19.9 Å². The van der Waals surface area contributed by atoms with Crippen LogP contribution in [0.25, 0.3) is 33.9 Å². The number of hydrogen-bond donors (Lipinski definition) is 2. The van der Waals surface area contributed by atoms with Crippen LogP contribution >= 0.6 is 0 Å². The van der Waals surface area contributed by atoms with Gasteiger partial charge in [0.15, 0.2) is 0 Å². The average Bonchev–Trinajstić information content (AvgIpc) is 3.08. The summed E-state index contributed by atoms with van der Waals surface area (Å²) in [6.45, 7) is 2.06. The molecule has 0 atom stereocenters. The fourth-order valence-electron chi connectivity index (χ4n) is 3.46. The molecule has 0 saturated heterocycles. The summed E-state index contributed by atoms with van der Waals surface area (Å²) in [5.41, 5.74) is 6.84. The predicted molar refractivity (Wildman–Crippen MR) is 105 cm³/mol. The number of aryl methyl sites for hydroxylation is 1. The number of fused-ring (bicyclic) bond motifs is 5. The van der Waals surface area contributed by atoms with Gasteiger partial charge in [0.25, 0.3) is 0 Å². The van der Waals surface area contributed by atoms with Gasteiger partial charge >= 0.3 is 0 Å². The van der Waals surface area contributed by atoms with Crippen LogP contribution in [0.5, 0.6) is 5.75 Å². The van der Waals surface area contributed by atoms with Crippen LogP contribution in [-0.4, -0.2) is 27.0 Å². The van der Waals surface area contributed by atoms with Crippen molar-refractivity contribution in [2.75, 3.05) is 12.4 Å². The summed E-state index contributed by atoms with van der Waals surface area (Å²) in [5, 5.41) is 3.37. The maximum atomic E-state index is 5.32. The molecule has 0 unspecified atom stereocenters. The molecule has 3 aromatic heterocycles. The van der Waals surface area contributed by atoms with Gasteiger partial charge in [-0.05, 0) is 48.9 Å². The quantitative estimate of drug-likeness (QED) is 0.485. The molecule has 4 heterocycles. The lowest BCUT2D eigenvalue weighted by molar-refractivity contribution is 0.414. The second-order valence-electron chi connectivity index (χ2n) is 6.44. The third kappa shape index (κ3) is 2.45. The number of nitrogens with zero attached hydrogens (tertiary/aromatic N) is 3. The first kappa shape index (κ1) is 15.6. The molecular formula is C21H17N5O.